The Hall–Kier alpha value is -2.69. The Labute approximate surface area is 116 Å². The van der Waals surface area contributed by atoms with Crippen molar-refractivity contribution >= 4 is 17.6 Å². The molecular weight excluding hydrogens is 260 g/mol. The van der Waals surface area contributed by atoms with Crippen LogP contribution in [0.25, 0.3) is 11.6 Å². The first kappa shape index (κ1) is 13.7. The van der Waals surface area contributed by atoms with Crippen LogP contribution in [0, 0.1) is 0 Å². The number of carboxylic acids is 1. The van der Waals surface area contributed by atoms with Crippen LogP contribution in [-0.2, 0) is 4.79 Å². The Kier molecular flexibility index (Phi) is 4.10. The fraction of sp³-hybridized carbons (Fsp3) is 0.133. The van der Waals surface area contributed by atoms with Gasteiger partial charge in [-0.15, -0.1) is 0 Å². The number of furan rings is 1. The number of hydrogen-bond donors (Lipinski definition) is 1. The monoisotopic (exact) mass is 274 g/mol. The average molecular weight is 274 g/mol. The van der Waals surface area contributed by atoms with Gasteiger partial charge in [0.15, 0.2) is 0 Å². The summed E-state index contributed by atoms with van der Waals surface area (Å²) in [5, 5.41) is 9.38. The Morgan fingerprint density at radius 2 is 2.05 bits per heavy atom. The van der Waals surface area contributed by atoms with Crippen molar-refractivity contribution in [1.29, 1.82) is 0 Å². The molecule has 0 saturated heterocycles. The van der Waals surface area contributed by atoms with E-state index in [0.29, 0.717) is 22.8 Å². The third kappa shape index (κ3) is 2.83. The molecule has 5 nitrogen and oxygen atoms in total. The van der Waals surface area contributed by atoms with E-state index >= 15 is 0 Å². The minimum absolute atomic E-state index is 0.0828. The topological polar surface area (TPSA) is 68.9 Å². The maximum absolute atomic E-state index is 11.5. The van der Waals surface area contributed by atoms with Crippen molar-refractivity contribution in [3.63, 3.8) is 0 Å². The van der Waals surface area contributed by atoms with Crippen LogP contribution in [-0.4, -0.2) is 25.3 Å². The summed E-state index contributed by atoms with van der Waals surface area (Å²) in [5.41, 5.74) is 0.539. The second-order valence-corrected chi connectivity index (χ2v) is 3.94. The molecule has 1 aromatic heterocycles. The third-order valence-electron chi connectivity index (χ3n) is 2.76. The molecule has 0 aliphatic rings. The molecule has 0 fully saturated rings. The molecule has 0 bridgehead atoms. The van der Waals surface area contributed by atoms with Crippen molar-refractivity contribution in [2.24, 2.45) is 0 Å². The molecule has 2 rings (SSSR count). The highest BCUT2D eigenvalue weighted by Gasteiger charge is 2.16. The highest BCUT2D eigenvalue weighted by atomic mass is 16.5. The summed E-state index contributed by atoms with van der Waals surface area (Å²) < 4.78 is 15.5. The molecule has 0 saturated carbocycles. The number of methoxy groups -OCH3 is 2. The summed E-state index contributed by atoms with van der Waals surface area (Å²) in [7, 11) is 3.01. The smallest absolute Gasteiger partial charge is 0.336 e. The van der Waals surface area contributed by atoms with Gasteiger partial charge in [-0.1, -0.05) is 0 Å². The molecule has 0 amide bonds. The van der Waals surface area contributed by atoms with Crippen molar-refractivity contribution in [3.05, 3.63) is 47.9 Å². The molecule has 1 N–H and O–H groups in total. The van der Waals surface area contributed by atoms with Gasteiger partial charge in [-0.3, -0.25) is 0 Å². The van der Waals surface area contributed by atoms with Crippen molar-refractivity contribution in [2.45, 2.75) is 0 Å². The predicted octanol–water partition coefficient (Wildman–Crippen LogP) is 2.92. The Morgan fingerprint density at radius 1 is 1.25 bits per heavy atom. The molecule has 2 aromatic rings. The molecule has 0 radical (unpaired) electrons. The molecule has 5 heteroatoms. The van der Waals surface area contributed by atoms with E-state index in [4.69, 9.17) is 13.9 Å². The minimum atomic E-state index is -1.06. The first-order chi connectivity index (χ1) is 9.65. The zero-order valence-corrected chi connectivity index (χ0v) is 11.1. The molecule has 0 aliphatic heterocycles. The van der Waals surface area contributed by atoms with E-state index in [1.807, 2.05) is 0 Å². The Balaban J connectivity index is 2.52. The van der Waals surface area contributed by atoms with E-state index < -0.39 is 5.97 Å². The van der Waals surface area contributed by atoms with Crippen molar-refractivity contribution in [1.82, 2.24) is 0 Å². The molecule has 0 unspecified atom stereocenters. The molecule has 0 atom stereocenters. The standard InChI is InChI=1S/C15H14O5/c1-18-10-5-6-12(14(9-10)19-2)13(15(16)17)8-11-4-3-7-20-11/h3-9H,1-2H3,(H,16,17)/b13-8-. The third-order valence-corrected chi connectivity index (χ3v) is 2.76. The van der Waals surface area contributed by atoms with Crippen LogP contribution in [0.5, 0.6) is 11.5 Å². The van der Waals surface area contributed by atoms with Gasteiger partial charge in [0.25, 0.3) is 0 Å². The van der Waals surface area contributed by atoms with Crippen molar-refractivity contribution in [3.8, 4) is 11.5 Å². The SMILES string of the molecule is COc1ccc(/C(=C/c2ccco2)C(=O)O)c(OC)c1. The molecule has 0 aliphatic carbocycles. The summed E-state index contributed by atoms with van der Waals surface area (Å²) in [5.74, 6) is 0.406. The van der Waals surface area contributed by atoms with Crippen LogP contribution in [0.3, 0.4) is 0 Å². The summed E-state index contributed by atoms with van der Waals surface area (Å²) in [4.78, 5) is 11.5. The summed E-state index contributed by atoms with van der Waals surface area (Å²) >= 11 is 0. The zero-order valence-electron chi connectivity index (χ0n) is 11.1. The molecule has 1 heterocycles. The van der Waals surface area contributed by atoms with E-state index in [-0.39, 0.29) is 5.57 Å². The van der Waals surface area contributed by atoms with E-state index in [1.54, 1.807) is 30.3 Å². The number of hydrogen-bond acceptors (Lipinski definition) is 4. The number of aliphatic carboxylic acids is 1. The number of benzene rings is 1. The molecule has 1 aromatic carbocycles. The van der Waals surface area contributed by atoms with E-state index in [2.05, 4.69) is 0 Å². The summed E-state index contributed by atoms with van der Waals surface area (Å²) in [6.07, 6.45) is 2.93. The normalized spacial score (nSPS) is 11.2. The molecular formula is C15H14O5. The number of ether oxygens (including phenoxy) is 2. The first-order valence-corrected chi connectivity index (χ1v) is 5.86. The zero-order chi connectivity index (χ0) is 14.5. The highest BCUT2D eigenvalue weighted by Crippen LogP contribution is 2.31. The van der Waals surface area contributed by atoms with Gasteiger partial charge in [-0.2, -0.15) is 0 Å². The Bertz CT molecular complexity index is 626. The van der Waals surface area contributed by atoms with Gasteiger partial charge >= 0.3 is 5.97 Å². The fourth-order valence-corrected chi connectivity index (χ4v) is 1.79. The van der Waals surface area contributed by atoms with E-state index in [0.717, 1.165) is 0 Å². The van der Waals surface area contributed by atoms with E-state index in [1.165, 1.54) is 26.6 Å². The van der Waals surface area contributed by atoms with Crippen molar-refractivity contribution in [2.75, 3.05) is 14.2 Å². The van der Waals surface area contributed by atoms with Gasteiger partial charge < -0.3 is 19.0 Å². The van der Waals surface area contributed by atoms with Crippen LogP contribution >= 0.6 is 0 Å². The van der Waals surface area contributed by atoms with Gasteiger partial charge in [0.2, 0.25) is 0 Å². The molecule has 104 valence electrons. The first-order valence-electron chi connectivity index (χ1n) is 5.86. The van der Waals surface area contributed by atoms with Crippen LogP contribution in [0.1, 0.15) is 11.3 Å². The van der Waals surface area contributed by atoms with E-state index in [9.17, 15) is 9.90 Å². The second-order valence-electron chi connectivity index (χ2n) is 3.94. The largest absolute Gasteiger partial charge is 0.497 e. The summed E-state index contributed by atoms with van der Waals surface area (Å²) in [6.45, 7) is 0. The lowest BCUT2D eigenvalue weighted by Gasteiger charge is -2.10. The maximum atomic E-state index is 11.5. The van der Waals surface area contributed by atoms with Crippen molar-refractivity contribution < 1.29 is 23.8 Å². The number of carboxylic acid groups (broad SMARTS) is 1. The van der Waals surface area contributed by atoms with Crippen LogP contribution in [0.2, 0.25) is 0 Å². The highest BCUT2D eigenvalue weighted by molar-refractivity contribution is 6.21. The van der Waals surface area contributed by atoms with Crippen LogP contribution in [0.4, 0.5) is 0 Å². The fourth-order valence-electron chi connectivity index (χ4n) is 1.79. The maximum Gasteiger partial charge on any atom is 0.336 e. The number of rotatable bonds is 5. The lowest BCUT2D eigenvalue weighted by molar-refractivity contribution is -0.130. The second kappa shape index (κ2) is 5.97. The van der Waals surface area contributed by atoms with Crippen LogP contribution in [0.15, 0.2) is 41.0 Å². The van der Waals surface area contributed by atoms with Gasteiger partial charge in [-0.05, 0) is 30.3 Å². The quantitative estimate of drug-likeness (QED) is 0.849. The van der Waals surface area contributed by atoms with Crippen LogP contribution < -0.4 is 9.47 Å². The van der Waals surface area contributed by atoms with Gasteiger partial charge in [0.05, 0.1) is 26.1 Å². The average Bonchev–Trinajstić information content (AvgIpc) is 2.97. The lowest BCUT2D eigenvalue weighted by Crippen LogP contribution is -2.02. The molecule has 0 spiro atoms. The lowest BCUT2D eigenvalue weighted by atomic mass is 10.0. The predicted molar refractivity (Wildman–Crippen MR) is 73.8 cm³/mol. The summed E-state index contributed by atoms with van der Waals surface area (Å²) in [6, 6.07) is 8.32. The van der Waals surface area contributed by atoms with Gasteiger partial charge in [0, 0.05) is 11.6 Å². The minimum Gasteiger partial charge on any atom is -0.497 e. The Morgan fingerprint density at radius 3 is 2.60 bits per heavy atom. The van der Waals surface area contributed by atoms with Gasteiger partial charge in [0.1, 0.15) is 17.3 Å². The molecule has 20 heavy (non-hydrogen) atoms. The number of carbonyl (C=O) groups is 1. The van der Waals surface area contributed by atoms with Gasteiger partial charge in [-0.25, -0.2) is 4.79 Å².